The van der Waals surface area contributed by atoms with Gasteiger partial charge in [-0.1, -0.05) is 31.9 Å². The average molecular weight is 344 g/mol. The predicted octanol–water partition coefficient (Wildman–Crippen LogP) is 3.59. The molecule has 0 saturated carbocycles. The Morgan fingerprint density at radius 2 is 1.73 bits per heavy atom. The van der Waals surface area contributed by atoms with E-state index in [4.69, 9.17) is 0 Å². The van der Waals surface area contributed by atoms with Crippen LogP contribution in [0.1, 0.15) is 10.4 Å². The van der Waals surface area contributed by atoms with Gasteiger partial charge >= 0.3 is 6.61 Å². The molecular formula is C9H6Br2F2O2. The van der Waals surface area contributed by atoms with Gasteiger partial charge in [-0.05, 0) is 24.3 Å². The molecule has 0 N–H and O–H groups in total. The Morgan fingerprint density at radius 3 is 2.13 bits per heavy atom. The van der Waals surface area contributed by atoms with Crippen LogP contribution >= 0.6 is 31.9 Å². The van der Waals surface area contributed by atoms with Crippen molar-refractivity contribution in [2.24, 2.45) is 0 Å². The average Bonchev–Trinajstić information content (AvgIpc) is 2.17. The van der Waals surface area contributed by atoms with Gasteiger partial charge in [0.25, 0.3) is 0 Å². The minimum atomic E-state index is -2.85. The lowest BCUT2D eigenvalue weighted by atomic mass is 10.1. The van der Waals surface area contributed by atoms with Crippen molar-refractivity contribution < 1.29 is 18.3 Å². The molecule has 0 heterocycles. The number of alkyl halides is 4. The molecule has 0 unspecified atom stereocenters. The summed E-state index contributed by atoms with van der Waals surface area (Å²) < 4.78 is 27.3. The number of rotatable bonds is 4. The molecule has 0 aliphatic rings. The molecule has 0 aromatic heterocycles. The third kappa shape index (κ3) is 3.87. The Balaban J connectivity index is 2.76. The van der Waals surface area contributed by atoms with Crippen molar-refractivity contribution in [3.05, 3.63) is 29.8 Å². The summed E-state index contributed by atoms with van der Waals surface area (Å²) in [6.07, 6.45) is 0. The predicted molar refractivity (Wildman–Crippen MR) is 59.0 cm³/mol. The summed E-state index contributed by atoms with van der Waals surface area (Å²) in [4.78, 5) is 11.4. The summed E-state index contributed by atoms with van der Waals surface area (Å²) in [5.41, 5.74) is 0.412. The summed E-state index contributed by atoms with van der Waals surface area (Å²) in [5, 5.41) is 0. The highest BCUT2D eigenvalue weighted by atomic mass is 79.9. The smallest absolute Gasteiger partial charge is 0.387 e. The fraction of sp³-hybridized carbons (Fsp3) is 0.222. The maximum Gasteiger partial charge on any atom is 0.387 e. The molecule has 1 aromatic carbocycles. The van der Waals surface area contributed by atoms with E-state index in [0.29, 0.717) is 5.56 Å². The van der Waals surface area contributed by atoms with Crippen LogP contribution in [0.2, 0.25) is 0 Å². The molecule has 6 heteroatoms. The summed E-state index contributed by atoms with van der Waals surface area (Å²) >= 11 is 6.10. The lowest BCUT2D eigenvalue weighted by molar-refractivity contribution is -0.0498. The van der Waals surface area contributed by atoms with Gasteiger partial charge in [-0.2, -0.15) is 8.78 Å². The Labute approximate surface area is 102 Å². The van der Waals surface area contributed by atoms with Gasteiger partial charge in [-0.15, -0.1) is 0 Å². The van der Waals surface area contributed by atoms with Crippen molar-refractivity contribution in [3.8, 4) is 5.75 Å². The van der Waals surface area contributed by atoms with Crippen molar-refractivity contribution in [2.75, 3.05) is 0 Å². The normalized spacial score (nSPS) is 10.8. The van der Waals surface area contributed by atoms with Crippen LogP contribution in [0, 0.1) is 0 Å². The molecular weight excluding hydrogens is 338 g/mol. The molecule has 15 heavy (non-hydrogen) atoms. The zero-order chi connectivity index (χ0) is 11.4. The Kier molecular flexibility index (Phi) is 4.66. The first-order valence-electron chi connectivity index (χ1n) is 3.88. The number of hydrogen-bond acceptors (Lipinski definition) is 2. The molecule has 82 valence electrons. The fourth-order valence-electron chi connectivity index (χ4n) is 0.927. The van der Waals surface area contributed by atoms with Gasteiger partial charge < -0.3 is 4.74 Å². The zero-order valence-electron chi connectivity index (χ0n) is 7.29. The number of Topliss-reactive ketones (excluding diaryl/α,β-unsaturated/α-hetero) is 1. The highest BCUT2D eigenvalue weighted by Crippen LogP contribution is 2.19. The number of hydrogen-bond donors (Lipinski definition) is 0. The first kappa shape index (κ1) is 12.6. The second-order valence-electron chi connectivity index (χ2n) is 2.57. The van der Waals surface area contributed by atoms with Crippen LogP contribution in [-0.4, -0.2) is 16.1 Å². The van der Waals surface area contributed by atoms with E-state index in [2.05, 4.69) is 36.6 Å². The molecule has 0 bridgehead atoms. The number of carbonyl (C=O) groups excluding carboxylic acids is 1. The molecule has 1 aromatic rings. The molecule has 0 amide bonds. The van der Waals surface area contributed by atoms with Crippen molar-refractivity contribution in [2.45, 2.75) is 10.3 Å². The molecule has 0 fully saturated rings. The number of ketones is 1. The lowest BCUT2D eigenvalue weighted by Gasteiger charge is -2.05. The largest absolute Gasteiger partial charge is 0.435 e. The van der Waals surface area contributed by atoms with Crippen molar-refractivity contribution in [1.82, 2.24) is 0 Å². The van der Waals surface area contributed by atoms with Crippen molar-refractivity contribution in [1.29, 1.82) is 0 Å². The topological polar surface area (TPSA) is 26.3 Å². The van der Waals surface area contributed by atoms with Crippen LogP contribution in [-0.2, 0) is 0 Å². The van der Waals surface area contributed by atoms with Gasteiger partial charge in [-0.3, -0.25) is 4.79 Å². The Bertz CT molecular complexity index is 338. The number of ether oxygens (including phenoxy) is 1. The standard InChI is InChI=1S/C9H6Br2F2O2/c10-8(11)7(14)5-1-3-6(4-2-5)15-9(12)13/h1-4,8-9H. The Morgan fingerprint density at radius 1 is 1.20 bits per heavy atom. The zero-order valence-corrected chi connectivity index (χ0v) is 10.5. The first-order chi connectivity index (χ1) is 7.00. The van der Waals surface area contributed by atoms with E-state index in [1.54, 1.807) is 0 Å². The minimum Gasteiger partial charge on any atom is -0.435 e. The van der Waals surface area contributed by atoms with Crippen molar-refractivity contribution >= 4 is 37.6 Å². The summed E-state index contributed by atoms with van der Waals surface area (Å²) in [6.45, 7) is -2.85. The number of halogens is 4. The summed E-state index contributed by atoms with van der Waals surface area (Å²) in [7, 11) is 0. The van der Waals surface area contributed by atoms with Crippen LogP contribution in [0.25, 0.3) is 0 Å². The molecule has 0 aliphatic carbocycles. The Hall–Kier alpha value is -0.490. The van der Waals surface area contributed by atoms with Gasteiger partial charge in [0, 0.05) is 5.56 Å². The number of carbonyl (C=O) groups is 1. The van der Waals surface area contributed by atoms with E-state index in [-0.39, 0.29) is 11.5 Å². The third-order valence-electron chi connectivity index (χ3n) is 1.56. The van der Waals surface area contributed by atoms with Crippen LogP contribution in [0.4, 0.5) is 8.78 Å². The molecule has 0 spiro atoms. The quantitative estimate of drug-likeness (QED) is 0.617. The van der Waals surface area contributed by atoms with Gasteiger partial charge in [0.2, 0.25) is 0 Å². The van der Waals surface area contributed by atoms with Crippen LogP contribution < -0.4 is 4.74 Å². The van der Waals surface area contributed by atoms with Gasteiger partial charge in [0.15, 0.2) is 5.78 Å². The fourth-order valence-corrected chi connectivity index (χ4v) is 1.46. The number of benzene rings is 1. The molecule has 2 nitrogen and oxygen atoms in total. The second kappa shape index (κ2) is 5.55. The van der Waals surface area contributed by atoms with E-state index in [1.165, 1.54) is 24.3 Å². The molecule has 0 radical (unpaired) electrons. The highest BCUT2D eigenvalue weighted by molar-refractivity contribution is 9.25. The maximum absolute atomic E-state index is 11.8. The van der Waals surface area contributed by atoms with Gasteiger partial charge in [-0.25, -0.2) is 0 Å². The van der Waals surface area contributed by atoms with E-state index < -0.39 is 10.3 Å². The second-order valence-corrected chi connectivity index (χ2v) is 5.63. The van der Waals surface area contributed by atoms with Crippen LogP contribution in [0.5, 0.6) is 5.75 Å². The highest BCUT2D eigenvalue weighted by Gasteiger charge is 2.13. The molecule has 1 rings (SSSR count). The van der Waals surface area contributed by atoms with Gasteiger partial charge in [0.1, 0.15) is 9.49 Å². The maximum atomic E-state index is 11.8. The van der Waals surface area contributed by atoms with Crippen LogP contribution in [0.15, 0.2) is 24.3 Å². The third-order valence-corrected chi connectivity index (χ3v) is 2.39. The SMILES string of the molecule is O=C(c1ccc(OC(F)F)cc1)C(Br)Br. The first-order valence-corrected chi connectivity index (χ1v) is 5.71. The van der Waals surface area contributed by atoms with E-state index >= 15 is 0 Å². The summed E-state index contributed by atoms with van der Waals surface area (Å²) in [6, 6.07) is 5.49. The molecule has 0 saturated heterocycles. The monoisotopic (exact) mass is 342 g/mol. The van der Waals surface area contributed by atoms with E-state index in [1.807, 2.05) is 0 Å². The van der Waals surface area contributed by atoms with Crippen molar-refractivity contribution in [3.63, 3.8) is 0 Å². The van der Waals surface area contributed by atoms with Crippen LogP contribution in [0.3, 0.4) is 0 Å². The van der Waals surface area contributed by atoms with E-state index in [9.17, 15) is 13.6 Å². The lowest BCUT2D eigenvalue weighted by Crippen LogP contribution is -2.07. The summed E-state index contributed by atoms with van der Waals surface area (Å²) in [5.74, 6) is -0.152. The molecule has 0 aliphatic heterocycles. The van der Waals surface area contributed by atoms with E-state index in [0.717, 1.165) is 0 Å². The van der Waals surface area contributed by atoms with Gasteiger partial charge in [0.05, 0.1) is 0 Å². The minimum absolute atomic E-state index is 0.0299. The molecule has 0 atom stereocenters.